The number of rotatable bonds is 7. The number of carbonyl (C=O) groups excluding carboxylic acids is 1. The molecule has 0 aliphatic carbocycles. The zero-order chi connectivity index (χ0) is 15.1. The maximum atomic E-state index is 13.3. The van der Waals surface area contributed by atoms with Gasteiger partial charge >= 0.3 is 0 Å². The van der Waals surface area contributed by atoms with Crippen molar-refractivity contribution in [2.24, 2.45) is 5.92 Å². The highest BCUT2D eigenvalue weighted by Crippen LogP contribution is 2.18. The lowest BCUT2D eigenvalue weighted by atomic mass is 10.1. The van der Waals surface area contributed by atoms with E-state index >= 15 is 0 Å². The van der Waals surface area contributed by atoms with Crippen molar-refractivity contribution in [3.63, 3.8) is 0 Å². The molecule has 0 saturated carbocycles. The van der Waals surface area contributed by atoms with Gasteiger partial charge in [0.05, 0.1) is 6.04 Å². The maximum absolute atomic E-state index is 13.3. The van der Waals surface area contributed by atoms with Crippen LogP contribution in [0, 0.1) is 11.7 Å². The number of nitrogens with one attached hydrogen (secondary N) is 1. The van der Waals surface area contributed by atoms with Crippen molar-refractivity contribution in [2.75, 3.05) is 20.6 Å². The van der Waals surface area contributed by atoms with Crippen molar-refractivity contribution in [1.29, 1.82) is 0 Å². The van der Waals surface area contributed by atoms with Gasteiger partial charge < -0.3 is 10.2 Å². The molecule has 112 valence electrons. The van der Waals surface area contributed by atoms with E-state index in [1.807, 2.05) is 25.1 Å². The molecule has 0 bridgehead atoms. The highest BCUT2D eigenvalue weighted by molar-refractivity contribution is 5.75. The van der Waals surface area contributed by atoms with Crippen LogP contribution in [0.2, 0.25) is 0 Å². The second-order valence-corrected chi connectivity index (χ2v) is 5.77. The molecule has 0 fully saturated rings. The van der Waals surface area contributed by atoms with Crippen LogP contribution in [-0.4, -0.2) is 31.4 Å². The van der Waals surface area contributed by atoms with Gasteiger partial charge in [-0.05, 0) is 44.1 Å². The second-order valence-electron chi connectivity index (χ2n) is 5.77. The van der Waals surface area contributed by atoms with Crippen LogP contribution < -0.4 is 5.32 Å². The van der Waals surface area contributed by atoms with E-state index in [4.69, 9.17) is 0 Å². The van der Waals surface area contributed by atoms with Gasteiger partial charge in [-0.1, -0.05) is 26.0 Å². The van der Waals surface area contributed by atoms with Crippen LogP contribution in [-0.2, 0) is 4.79 Å². The fourth-order valence-electron chi connectivity index (χ4n) is 2.03. The van der Waals surface area contributed by atoms with E-state index in [-0.39, 0.29) is 17.8 Å². The van der Waals surface area contributed by atoms with Crippen LogP contribution in [0.5, 0.6) is 0 Å². The molecule has 20 heavy (non-hydrogen) atoms. The Labute approximate surface area is 121 Å². The lowest BCUT2D eigenvalue weighted by Gasteiger charge is -2.25. The highest BCUT2D eigenvalue weighted by atomic mass is 19.1. The van der Waals surface area contributed by atoms with Gasteiger partial charge in [0.25, 0.3) is 0 Å². The number of likely N-dealkylation sites (N-methyl/N-ethyl adjacent to an activating group) is 1. The van der Waals surface area contributed by atoms with Gasteiger partial charge in [-0.2, -0.15) is 0 Å². The molecule has 0 aliphatic heterocycles. The van der Waals surface area contributed by atoms with Crippen molar-refractivity contribution in [1.82, 2.24) is 10.2 Å². The minimum atomic E-state index is -0.250. The Balaban J connectivity index is 2.58. The van der Waals surface area contributed by atoms with Gasteiger partial charge in [-0.25, -0.2) is 4.39 Å². The Hall–Kier alpha value is -1.42. The molecular weight excluding hydrogens is 255 g/mol. The summed E-state index contributed by atoms with van der Waals surface area (Å²) < 4.78 is 13.3. The average molecular weight is 280 g/mol. The summed E-state index contributed by atoms with van der Waals surface area (Å²) in [7, 11) is 3.85. The molecule has 0 saturated heterocycles. The molecule has 1 aromatic rings. The summed E-state index contributed by atoms with van der Waals surface area (Å²) in [5, 5.41) is 2.93. The monoisotopic (exact) mass is 280 g/mol. The van der Waals surface area contributed by atoms with E-state index < -0.39 is 0 Å². The summed E-state index contributed by atoms with van der Waals surface area (Å²) in [5.74, 6) is 0.330. The summed E-state index contributed by atoms with van der Waals surface area (Å²) >= 11 is 0. The summed E-state index contributed by atoms with van der Waals surface area (Å²) in [4.78, 5) is 13.8. The van der Waals surface area contributed by atoms with Gasteiger partial charge in [0.1, 0.15) is 5.82 Å². The lowest BCUT2D eigenvalue weighted by Crippen LogP contribution is -2.34. The molecule has 1 N–H and O–H groups in total. The standard InChI is InChI=1S/C16H25FN2O/c1-12(2)8-9-16(20)18-11-15(19(3)4)13-6-5-7-14(17)10-13/h5-7,10,12,15H,8-9,11H2,1-4H3,(H,18,20). The highest BCUT2D eigenvalue weighted by Gasteiger charge is 2.15. The summed E-state index contributed by atoms with van der Waals surface area (Å²) in [6, 6.07) is 6.51. The fraction of sp³-hybridized carbons (Fsp3) is 0.562. The minimum Gasteiger partial charge on any atom is -0.354 e. The largest absolute Gasteiger partial charge is 0.354 e. The third-order valence-electron chi connectivity index (χ3n) is 3.30. The normalized spacial score (nSPS) is 12.8. The van der Waals surface area contributed by atoms with E-state index in [1.165, 1.54) is 12.1 Å². The molecular formula is C16H25FN2O. The summed E-state index contributed by atoms with van der Waals surface area (Å²) in [6.45, 7) is 4.69. The van der Waals surface area contributed by atoms with E-state index in [0.29, 0.717) is 18.9 Å². The average Bonchev–Trinajstić information content (AvgIpc) is 2.36. The summed E-state index contributed by atoms with van der Waals surface area (Å²) in [6.07, 6.45) is 1.43. The Morgan fingerprint density at radius 2 is 2.05 bits per heavy atom. The number of nitrogens with zero attached hydrogens (tertiary/aromatic N) is 1. The Kier molecular flexibility index (Phi) is 6.65. The van der Waals surface area contributed by atoms with Crippen LogP contribution in [0.1, 0.15) is 38.3 Å². The molecule has 1 rings (SSSR count). The Morgan fingerprint density at radius 1 is 1.35 bits per heavy atom. The van der Waals surface area contributed by atoms with Gasteiger partial charge in [-0.15, -0.1) is 0 Å². The van der Waals surface area contributed by atoms with Crippen molar-refractivity contribution in [3.05, 3.63) is 35.6 Å². The van der Waals surface area contributed by atoms with Crippen molar-refractivity contribution < 1.29 is 9.18 Å². The number of halogens is 1. The molecule has 0 radical (unpaired) electrons. The number of hydrogen-bond acceptors (Lipinski definition) is 2. The predicted octanol–water partition coefficient (Wildman–Crippen LogP) is 2.98. The number of hydrogen-bond donors (Lipinski definition) is 1. The van der Waals surface area contributed by atoms with E-state index in [2.05, 4.69) is 19.2 Å². The molecule has 0 aliphatic rings. The van der Waals surface area contributed by atoms with E-state index in [9.17, 15) is 9.18 Å². The van der Waals surface area contributed by atoms with Gasteiger partial charge in [0.2, 0.25) is 5.91 Å². The fourth-order valence-corrected chi connectivity index (χ4v) is 2.03. The third-order valence-corrected chi connectivity index (χ3v) is 3.30. The van der Waals surface area contributed by atoms with Gasteiger partial charge in [0, 0.05) is 13.0 Å². The van der Waals surface area contributed by atoms with Crippen LogP contribution >= 0.6 is 0 Å². The van der Waals surface area contributed by atoms with Gasteiger partial charge in [0.15, 0.2) is 0 Å². The quantitative estimate of drug-likeness (QED) is 0.833. The summed E-state index contributed by atoms with van der Waals surface area (Å²) in [5.41, 5.74) is 0.874. The number of amides is 1. The first-order valence-electron chi connectivity index (χ1n) is 7.08. The molecule has 1 atom stereocenters. The predicted molar refractivity (Wildman–Crippen MR) is 79.9 cm³/mol. The molecule has 4 heteroatoms. The van der Waals surface area contributed by atoms with Crippen LogP contribution in [0.25, 0.3) is 0 Å². The van der Waals surface area contributed by atoms with Crippen LogP contribution in [0.3, 0.4) is 0 Å². The zero-order valence-electron chi connectivity index (χ0n) is 12.8. The van der Waals surface area contributed by atoms with Gasteiger partial charge in [-0.3, -0.25) is 4.79 Å². The smallest absolute Gasteiger partial charge is 0.220 e. The topological polar surface area (TPSA) is 32.3 Å². The molecule has 0 aromatic heterocycles. The Morgan fingerprint density at radius 3 is 2.60 bits per heavy atom. The van der Waals surface area contributed by atoms with Crippen molar-refractivity contribution >= 4 is 5.91 Å². The molecule has 1 unspecified atom stereocenters. The SMILES string of the molecule is CC(C)CCC(=O)NCC(c1cccc(F)c1)N(C)C. The van der Waals surface area contributed by atoms with E-state index in [1.54, 1.807) is 6.07 Å². The van der Waals surface area contributed by atoms with Crippen LogP contribution in [0.4, 0.5) is 4.39 Å². The first kappa shape index (κ1) is 16.6. The third kappa shape index (κ3) is 5.70. The minimum absolute atomic E-state index is 0.0197. The molecule has 0 heterocycles. The molecule has 1 amide bonds. The Bertz CT molecular complexity index is 432. The maximum Gasteiger partial charge on any atom is 0.220 e. The van der Waals surface area contributed by atoms with Crippen molar-refractivity contribution in [3.8, 4) is 0 Å². The number of carbonyl (C=O) groups is 1. The van der Waals surface area contributed by atoms with E-state index in [0.717, 1.165) is 12.0 Å². The zero-order valence-corrected chi connectivity index (χ0v) is 12.8. The lowest BCUT2D eigenvalue weighted by molar-refractivity contribution is -0.121. The van der Waals surface area contributed by atoms with Crippen molar-refractivity contribution in [2.45, 2.75) is 32.7 Å². The molecule has 3 nitrogen and oxygen atoms in total. The second kappa shape index (κ2) is 8.00. The first-order chi connectivity index (χ1) is 9.40. The first-order valence-corrected chi connectivity index (χ1v) is 7.08. The molecule has 1 aromatic carbocycles. The molecule has 0 spiro atoms. The number of benzene rings is 1. The van der Waals surface area contributed by atoms with Crippen LogP contribution in [0.15, 0.2) is 24.3 Å².